The van der Waals surface area contributed by atoms with Gasteiger partial charge in [-0.2, -0.15) is 0 Å². The van der Waals surface area contributed by atoms with Crippen molar-refractivity contribution in [3.8, 4) is 11.5 Å². The number of halogens is 1. The quantitative estimate of drug-likeness (QED) is 0.616. The van der Waals surface area contributed by atoms with Gasteiger partial charge in [-0.1, -0.05) is 30.7 Å². The van der Waals surface area contributed by atoms with Crippen molar-refractivity contribution in [2.45, 2.75) is 30.4 Å². The first kappa shape index (κ1) is 18.5. The minimum Gasteiger partial charge on any atom is -0.454 e. The number of para-hydroxylation sites is 1. The fourth-order valence-electron chi connectivity index (χ4n) is 3.28. The molecule has 7 heteroatoms. The maximum Gasteiger partial charge on any atom is 0.245 e. The molecule has 138 valence electrons. The SMILES string of the molecule is O=C(CC1(c2ccc(Oc3ccccc3F)cc2)CCCCS1=O)NO. The lowest BCUT2D eigenvalue weighted by Gasteiger charge is -2.36. The maximum absolute atomic E-state index is 13.7. The second-order valence-electron chi connectivity index (χ2n) is 6.27. The number of rotatable bonds is 5. The summed E-state index contributed by atoms with van der Waals surface area (Å²) in [6.07, 6.45) is 2.26. The van der Waals surface area contributed by atoms with Crippen LogP contribution in [-0.2, 0) is 20.3 Å². The van der Waals surface area contributed by atoms with Crippen molar-refractivity contribution in [1.29, 1.82) is 0 Å². The zero-order chi connectivity index (χ0) is 18.6. The Balaban J connectivity index is 1.87. The minimum absolute atomic E-state index is 0.0520. The molecule has 1 aliphatic rings. The van der Waals surface area contributed by atoms with Crippen LogP contribution >= 0.6 is 0 Å². The Kier molecular flexibility index (Phi) is 5.68. The highest BCUT2D eigenvalue weighted by atomic mass is 32.2. The van der Waals surface area contributed by atoms with Crippen molar-refractivity contribution in [3.63, 3.8) is 0 Å². The standard InChI is InChI=1S/C19H20FNO4S/c20-16-5-1-2-6-17(16)25-15-9-7-14(8-10-15)19(13-18(22)21-23)11-3-4-12-26(19)24/h1-2,5-10,23H,3-4,11-13H2,(H,21,22). The van der Waals surface area contributed by atoms with Crippen LogP contribution in [0.5, 0.6) is 11.5 Å². The topological polar surface area (TPSA) is 75.6 Å². The van der Waals surface area contributed by atoms with E-state index in [1.807, 2.05) is 0 Å². The summed E-state index contributed by atoms with van der Waals surface area (Å²) in [6, 6.07) is 13.0. The van der Waals surface area contributed by atoms with E-state index in [4.69, 9.17) is 9.94 Å². The van der Waals surface area contributed by atoms with Crippen LogP contribution in [0.1, 0.15) is 31.2 Å². The molecule has 0 spiro atoms. The monoisotopic (exact) mass is 377 g/mol. The van der Waals surface area contributed by atoms with E-state index in [1.54, 1.807) is 41.9 Å². The van der Waals surface area contributed by atoms with Gasteiger partial charge in [0, 0.05) is 23.0 Å². The fraction of sp³-hybridized carbons (Fsp3) is 0.316. The Morgan fingerprint density at radius 3 is 2.58 bits per heavy atom. The molecular formula is C19H20FNO4S. The number of carbonyl (C=O) groups is 1. The highest BCUT2D eigenvalue weighted by molar-refractivity contribution is 7.86. The lowest BCUT2D eigenvalue weighted by atomic mass is 9.88. The molecule has 2 N–H and O–H groups in total. The number of hydroxylamine groups is 1. The molecule has 1 aliphatic heterocycles. The largest absolute Gasteiger partial charge is 0.454 e. The predicted molar refractivity (Wildman–Crippen MR) is 96.0 cm³/mol. The zero-order valence-corrected chi connectivity index (χ0v) is 14.9. The molecule has 1 fully saturated rings. The van der Waals surface area contributed by atoms with Gasteiger partial charge < -0.3 is 4.74 Å². The van der Waals surface area contributed by atoms with Crippen LogP contribution in [0, 0.1) is 5.82 Å². The predicted octanol–water partition coefficient (Wildman–Crippen LogP) is 3.64. The first-order valence-corrected chi connectivity index (χ1v) is 9.71. The molecule has 1 saturated heterocycles. The molecule has 0 saturated carbocycles. The van der Waals surface area contributed by atoms with E-state index in [1.165, 1.54) is 12.1 Å². The Bertz CT molecular complexity index is 811. The van der Waals surface area contributed by atoms with Crippen LogP contribution in [0.3, 0.4) is 0 Å². The second kappa shape index (κ2) is 7.97. The average Bonchev–Trinajstić information content (AvgIpc) is 2.66. The van der Waals surface area contributed by atoms with E-state index >= 15 is 0 Å². The fourth-order valence-corrected chi connectivity index (χ4v) is 5.20. The first-order valence-electron chi connectivity index (χ1n) is 8.39. The minimum atomic E-state index is -1.23. The molecule has 0 aliphatic carbocycles. The van der Waals surface area contributed by atoms with Crippen molar-refractivity contribution >= 4 is 16.7 Å². The molecule has 0 bridgehead atoms. The van der Waals surface area contributed by atoms with Gasteiger partial charge in [-0.25, -0.2) is 9.87 Å². The summed E-state index contributed by atoms with van der Waals surface area (Å²) in [5.41, 5.74) is 2.39. The third-order valence-corrected chi connectivity index (χ3v) is 6.73. The van der Waals surface area contributed by atoms with Crippen LogP contribution in [0.25, 0.3) is 0 Å². The number of carbonyl (C=O) groups excluding carboxylic acids is 1. The number of hydrogen-bond donors (Lipinski definition) is 2. The van der Waals surface area contributed by atoms with Crippen molar-refractivity contribution in [2.75, 3.05) is 5.75 Å². The smallest absolute Gasteiger partial charge is 0.245 e. The van der Waals surface area contributed by atoms with Gasteiger partial charge in [0.05, 0.1) is 4.75 Å². The Morgan fingerprint density at radius 2 is 1.92 bits per heavy atom. The van der Waals surface area contributed by atoms with Gasteiger partial charge in [-0.15, -0.1) is 0 Å². The maximum atomic E-state index is 13.7. The molecule has 2 atom stereocenters. The van der Waals surface area contributed by atoms with Crippen molar-refractivity contribution in [1.82, 2.24) is 5.48 Å². The Hall–Kier alpha value is -2.25. The molecule has 0 aromatic heterocycles. The van der Waals surface area contributed by atoms with E-state index in [2.05, 4.69) is 0 Å². The molecule has 2 unspecified atom stereocenters. The highest BCUT2D eigenvalue weighted by Crippen LogP contribution is 2.41. The lowest BCUT2D eigenvalue weighted by molar-refractivity contribution is -0.130. The first-order chi connectivity index (χ1) is 12.5. The van der Waals surface area contributed by atoms with Crippen LogP contribution in [0.4, 0.5) is 4.39 Å². The van der Waals surface area contributed by atoms with E-state index in [-0.39, 0.29) is 12.2 Å². The highest BCUT2D eigenvalue weighted by Gasteiger charge is 2.42. The summed E-state index contributed by atoms with van der Waals surface area (Å²) in [6.45, 7) is 0. The van der Waals surface area contributed by atoms with E-state index in [9.17, 15) is 13.4 Å². The molecular weight excluding hydrogens is 357 g/mol. The third-order valence-electron chi connectivity index (χ3n) is 4.61. The normalized spacial score (nSPS) is 22.6. The number of amides is 1. The van der Waals surface area contributed by atoms with Gasteiger partial charge in [0.1, 0.15) is 5.75 Å². The zero-order valence-electron chi connectivity index (χ0n) is 14.1. The van der Waals surface area contributed by atoms with Crippen LogP contribution in [0.15, 0.2) is 48.5 Å². The molecule has 5 nitrogen and oxygen atoms in total. The van der Waals surface area contributed by atoms with Crippen molar-refractivity contribution in [2.24, 2.45) is 0 Å². The van der Waals surface area contributed by atoms with Crippen LogP contribution in [-0.4, -0.2) is 21.1 Å². The van der Waals surface area contributed by atoms with Gasteiger partial charge in [0.2, 0.25) is 5.91 Å². The molecule has 1 heterocycles. The van der Waals surface area contributed by atoms with Crippen LogP contribution < -0.4 is 10.2 Å². The molecule has 1 amide bonds. The number of ether oxygens (including phenoxy) is 1. The van der Waals surface area contributed by atoms with Crippen LogP contribution in [0.2, 0.25) is 0 Å². The second-order valence-corrected chi connectivity index (χ2v) is 8.15. The molecule has 2 aromatic carbocycles. The Labute approximate surface area is 153 Å². The molecule has 0 radical (unpaired) electrons. The van der Waals surface area contributed by atoms with Gasteiger partial charge in [-0.3, -0.25) is 14.2 Å². The van der Waals surface area contributed by atoms with E-state index in [0.717, 1.165) is 18.4 Å². The van der Waals surface area contributed by atoms with Gasteiger partial charge >= 0.3 is 0 Å². The number of benzene rings is 2. The van der Waals surface area contributed by atoms with Crippen molar-refractivity contribution < 1.29 is 23.3 Å². The van der Waals surface area contributed by atoms with E-state index < -0.39 is 27.3 Å². The van der Waals surface area contributed by atoms with Crippen molar-refractivity contribution in [3.05, 3.63) is 59.9 Å². The van der Waals surface area contributed by atoms with E-state index in [0.29, 0.717) is 17.9 Å². The Morgan fingerprint density at radius 1 is 1.19 bits per heavy atom. The summed E-state index contributed by atoms with van der Waals surface area (Å²) in [7, 11) is -1.23. The summed E-state index contributed by atoms with van der Waals surface area (Å²) < 4.78 is 31.2. The number of nitrogens with one attached hydrogen (secondary N) is 1. The summed E-state index contributed by atoms with van der Waals surface area (Å²) in [4.78, 5) is 11.8. The van der Waals surface area contributed by atoms with Gasteiger partial charge in [0.25, 0.3) is 0 Å². The van der Waals surface area contributed by atoms with Gasteiger partial charge in [0.15, 0.2) is 11.6 Å². The summed E-state index contributed by atoms with van der Waals surface area (Å²) >= 11 is 0. The van der Waals surface area contributed by atoms with Gasteiger partial charge in [-0.05, 0) is 42.7 Å². The lowest BCUT2D eigenvalue weighted by Crippen LogP contribution is -2.40. The molecule has 3 rings (SSSR count). The molecule has 2 aromatic rings. The average molecular weight is 377 g/mol. The third kappa shape index (κ3) is 3.78. The summed E-state index contributed by atoms with van der Waals surface area (Å²) in [5, 5.41) is 8.89. The number of hydrogen-bond acceptors (Lipinski definition) is 4. The summed E-state index contributed by atoms with van der Waals surface area (Å²) in [5.74, 6) is 0.0673. The molecule has 26 heavy (non-hydrogen) atoms.